The number of ether oxygens (including phenoxy) is 2. The molecular formula is C11H17F2NO3. The zero-order valence-corrected chi connectivity index (χ0v) is 9.77. The maximum Gasteiger partial charge on any atom is 0.345 e. The van der Waals surface area contributed by atoms with Gasteiger partial charge in [-0.2, -0.15) is 8.78 Å². The Morgan fingerprint density at radius 1 is 1.53 bits per heavy atom. The Hall–Kier alpha value is -0.750. The van der Waals surface area contributed by atoms with E-state index in [1.165, 1.54) is 0 Å². The first kappa shape index (κ1) is 12.7. The number of carbonyl (C=O) groups excluding carboxylic acids is 1. The Kier molecular flexibility index (Phi) is 3.93. The molecule has 0 unspecified atom stereocenters. The summed E-state index contributed by atoms with van der Waals surface area (Å²) in [6.45, 7) is 0.386. The Balaban J connectivity index is 1.79. The average Bonchev–Trinajstić information content (AvgIpc) is 2.69. The molecule has 6 heteroatoms. The minimum absolute atomic E-state index is 0.0161. The van der Waals surface area contributed by atoms with Crippen LogP contribution in [-0.2, 0) is 14.3 Å². The lowest BCUT2D eigenvalue weighted by atomic mass is 9.96. The van der Waals surface area contributed by atoms with E-state index in [0.717, 1.165) is 12.8 Å². The molecule has 0 bridgehead atoms. The van der Waals surface area contributed by atoms with Gasteiger partial charge in [0.05, 0.1) is 18.1 Å². The van der Waals surface area contributed by atoms with Crippen molar-refractivity contribution in [2.24, 2.45) is 5.92 Å². The minimum atomic E-state index is -2.75. The fourth-order valence-corrected chi connectivity index (χ4v) is 2.42. The van der Waals surface area contributed by atoms with E-state index in [1.54, 1.807) is 4.90 Å². The molecule has 0 saturated carbocycles. The highest BCUT2D eigenvalue weighted by atomic mass is 19.3. The second kappa shape index (κ2) is 5.27. The van der Waals surface area contributed by atoms with Gasteiger partial charge in [0.15, 0.2) is 0 Å². The van der Waals surface area contributed by atoms with E-state index in [9.17, 15) is 13.6 Å². The topological polar surface area (TPSA) is 38.8 Å². The molecule has 2 saturated heterocycles. The van der Waals surface area contributed by atoms with Crippen molar-refractivity contribution >= 4 is 5.91 Å². The number of nitrogens with zero attached hydrogens (tertiary/aromatic N) is 1. The minimum Gasteiger partial charge on any atom is -0.377 e. The monoisotopic (exact) mass is 249 g/mol. The number of carbonyl (C=O) groups is 1. The SMILES string of the molecule is CC[C@@H]1OCC[C@H]1C(=O)N1CC(OC(F)F)C1. The summed E-state index contributed by atoms with van der Waals surface area (Å²) < 4.78 is 33.6. The quantitative estimate of drug-likeness (QED) is 0.752. The molecule has 17 heavy (non-hydrogen) atoms. The van der Waals surface area contributed by atoms with Gasteiger partial charge in [0.1, 0.15) is 0 Å². The van der Waals surface area contributed by atoms with E-state index in [-0.39, 0.29) is 31.0 Å². The van der Waals surface area contributed by atoms with E-state index in [0.29, 0.717) is 6.61 Å². The van der Waals surface area contributed by atoms with E-state index < -0.39 is 12.7 Å². The molecule has 0 aromatic heterocycles. The highest BCUT2D eigenvalue weighted by molar-refractivity contribution is 5.80. The molecule has 2 aliphatic heterocycles. The zero-order valence-electron chi connectivity index (χ0n) is 9.77. The fourth-order valence-electron chi connectivity index (χ4n) is 2.42. The van der Waals surface area contributed by atoms with Gasteiger partial charge in [-0.15, -0.1) is 0 Å². The lowest BCUT2D eigenvalue weighted by molar-refractivity contribution is -0.200. The molecule has 0 radical (unpaired) electrons. The number of halogens is 2. The summed E-state index contributed by atoms with van der Waals surface area (Å²) in [6.07, 6.45) is 1.01. The molecule has 1 amide bonds. The van der Waals surface area contributed by atoms with E-state index in [2.05, 4.69) is 4.74 Å². The molecule has 0 aromatic rings. The number of alkyl halides is 2. The van der Waals surface area contributed by atoms with Crippen LogP contribution in [0, 0.1) is 5.92 Å². The molecule has 2 fully saturated rings. The van der Waals surface area contributed by atoms with E-state index in [4.69, 9.17) is 4.74 Å². The Labute approximate surface area is 98.9 Å². The number of hydrogen-bond donors (Lipinski definition) is 0. The van der Waals surface area contributed by atoms with E-state index in [1.807, 2.05) is 6.92 Å². The van der Waals surface area contributed by atoms with Gasteiger partial charge in [-0.1, -0.05) is 6.92 Å². The van der Waals surface area contributed by atoms with Gasteiger partial charge >= 0.3 is 6.61 Å². The summed E-state index contributed by atoms with van der Waals surface area (Å²) in [5.41, 5.74) is 0. The molecule has 0 aromatic carbocycles. The molecule has 0 spiro atoms. The molecule has 0 aliphatic carbocycles. The van der Waals surface area contributed by atoms with Crippen molar-refractivity contribution in [2.75, 3.05) is 19.7 Å². The first-order valence-corrected chi connectivity index (χ1v) is 5.95. The van der Waals surface area contributed by atoms with Gasteiger partial charge in [0.2, 0.25) is 5.91 Å². The van der Waals surface area contributed by atoms with Crippen LogP contribution in [0.2, 0.25) is 0 Å². The van der Waals surface area contributed by atoms with Crippen molar-refractivity contribution in [1.82, 2.24) is 4.90 Å². The Morgan fingerprint density at radius 2 is 2.24 bits per heavy atom. The van der Waals surface area contributed by atoms with Crippen LogP contribution in [0.1, 0.15) is 19.8 Å². The van der Waals surface area contributed by atoms with E-state index >= 15 is 0 Å². The number of likely N-dealkylation sites (tertiary alicyclic amines) is 1. The van der Waals surface area contributed by atoms with Crippen LogP contribution >= 0.6 is 0 Å². The van der Waals surface area contributed by atoms with Crippen molar-refractivity contribution in [2.45, 2.75) is 38.6 Å². The van der Waals surface area contributed by atoms with Crippen LogP contribution in [0.5, 0.6) is 0 Å². The third-order valence-corrected chi connectivity index (χ3v) is 3.38. The largest absolute Gasteiger partial charge is 0.377 e. The average molecular weight is 249 g/mol. The molecule has 2 heterocycles. The highest BCUT2D eigenvalue weighted by Crippen LogP contribution is 2.27. The summed E-state index contributed by atoms with van der Waals surface area (Å²) in [4.78, 5) is 13.6. The molecule has 4 nitrogen and oxygen atoms in total. The van der Waals surface area contributed by atoms with Crippen molar-refractivity contribution in [3.8, 4) is 0 Å². The predicted octanol–water partition coefficient (Wildman–Crippen LogP) is 1.25. The number of rotatable bonds is 4. The van der Waals surface area contributed by atoms with Crippen molar-refractivity contribution in [3.63, 3.8) is 0 Å². The number of hydrogen-bond acceptors (Lipinski definition) is 3. The Bertz CT molecular complexity index is 282. The molecular weight excluding hydrogens is 232 g/mol. The lowest BCUT2D eigenvalue weighted by Crippen LogP contribution is -2.57. The summed E-state index contributed by atoms with van der Waals surface area (Å²) >= 11 is 0. The van der Waals surface area contributed by atoms with Crippen LogP contribution in [0.25, 0.3) is 0 Å². The fraction of sp³-hybridized carbons (Fsp3) is 0.909. The molecule has 2 atom stereocenters. The number of amides is 1. The van der Waals surface area contributed by atoms with Gasteiger partial charge in [-0.05, 0) is 12.8 Å². The third-order valence-electron chi connectivity index (χ3n) is 3.38. The highest BCUT2D eigenvalue weighted by Gasteiger charge is 2.40. The van der Waals surface area contributed by atoms with Crippen LogP contribution in [0.3, 0.4) is 0 Å². The maximum absolute atomic E-state index is 12.0. The van der Waals surface area contributed by atoms with Gasteiger partial charge in [-0.25, -0.2) is 0 Å². The first-order chi connectivity index (χ1) is 8.11. The second-order valence-electron chi connectivity index (χ2n) is 4.47. The summed E-state index contributed by atoms with van der Waals surface area (Å²) in [7, 11) is 0. The van der Waals surface area contributed by atoms with Crippen LogP contribution < -0.4 is 0 Å². The second-order valence-corrected chi connectivity index (χ2v) is 4.47. The van der Waals surface area contributed by atoms with Crippen LogP contribution in [0.4, 0.5) is 8.78 Å². The molecule has 2 rings (SSSR count). The van der Waals surface area contributed by atoms with Crippen molar-refractivity contribution in [1.29, 1.82) is 0 Å². The summed E-state index contributed by atoms with van der Waals surface area (Å²) in [5, 5.41) is 0. The van der Waals surface area contributed by atoms with Crippen LogP contribution in [-0.4, -0.2) is 49.3 Å². The smallest absolute Gasteiger partial charge is 0.345 e. The summed E-state index contributed by atoms with van der Waals surface area (Å²) in [5.74, 6) is -0.0871. The normalized spacial score (nSPS) is 29.8. The van der Waals surface area contributed by atoms with Crippen molar-refractivity contribution in [3.05, 3.63) is 0 Å². The van der Waals surface area contributed by atoms with Gasteiger partial charge in [0.25, 0.3) is 0 Å². The van der Waals surface area contributed by atoms with Gasteiger partial charge in [-0.3, -0.25) is 4.79 Å². The zero-order chi connectivity index (χ0) is 12.4. The Morgan fingerprint density at radius 3 is 2.82 bits per heavy atom. The van der Waals surface area contributed by atoms with Gasteiger partial charge < -0.3 is 14.4 Å². The predicted molar refractivity (Wildman–Crippen MR) is 55.6 cm³/mol. The maximum atomic E-state index is 12.0. The third kappa shape index (κ3) is 2.74. The first-order valence-electron chi connectivity index (χ1n) is 5.95. The molecule has 0 N–H and O–H groups in total. The van der Waals surface area contributed by atoms with Crippen LogP contribution in [0.15, 0.2) is 0 Å². The summed E-state index contributed by atoms with van der Waals surface area (Å²) in [6, 6.07) is 0. The lowest BCUT2D eigenvalue weighted by Gasteiger charge is -2.40. The molecule has 98 valence electrons. The van der Waals surface area contributed by atoms with Gasteiger partial charge in [0, 0.05) is 19.7 Å². The van der Waals surface area contributed by atoms with Crippen molar-refractivity contribution < 1.29 is 23.0 Å². The standard InChI is InChI=1S/C11H17F2NO3/c1-2-9-8(3-4-16-9)10(15)14-5-7(6-14)17-11(12)13/h7-9,11H,2-6H2,1H3/t8-,9+/m1/s1. The molecule has 2 aliphatic rings.